The molecule has 0 aromatic rings. The average Bonchev–Trinajstić information content (AvgIpc) is 1.85. The van der Waals surface area contributed by atoms with Crippen LogP contribution in [0.5, 0.6) is 0 Å². The van der Waals surface area contributed by atoms with Crippen molar-refractivity contribution in [3.63, 3.8) is 0 Å². The van der Waals surface area contributed by atoms with E-state index in [0.717, 1.165) is 0 Å². The van der Waals surface area contributed by atoms with Crippen LogP contribution in [0.3, 0.4) is 0 Å². The summed E-state index contributed by atoms with van der Waals surface area (Å²) >= 11 is 0. The van der Waals surface area contributed by atoms with Crippen molar-refractivity contribution < 1.29 is 9.53 Å². The van der Waals surface area contributed by atoms with Crippen molar-refractivity contribution in [1.82, 2.24) is 5.32 Å². The molecule has 1 amide bonds. The molecular weight excluding hydrogens is 142 g/mol. The third-order valence-electron chi connectivity index (χ3n) is 1.04. The Morgan fingerprint density at radius 1 is 1.55 bits per heavy atom. The van der Waals surface area contributed by atoms with Gasteiger partial charge in [0.15, 0.2) is 0 Å². The number of carbonyl (C=O) groups is 1. The average molecular weight is 157 g/mol. The summed E-state index contributed by atoms with van der Waals surface area (Å²) in [4.78, 5) is 10.8. The second kappa shape index (κ2) is 4.77. The number of hydrogen-bond acceptors (Lipinski definition) is 2. The zero-order valence-electron chi connectivity index (χ0n) is 7.26. The molecule has 0 fully saturated rings. The Morgan fingerprint density at radius 3 is 2.45 bits per heavy atom. The van der Waals surface area contributed by atoms with Crippen molar-refractivity contribution in [2.45, 2.75) is 32.9 Å². The van der Waals surface area contributed by atoms with Crippen LogP contribution < -0.4 is 5.32 Å². The molecule has 0 aliphatic heterocycles. The maximum absolute atomic E-state index is 10.8. The number of hydrogen-bond donors (Lipinski definition) is 1. The minimum absolute atomic E-state index is 0.0405. The lowest BCUT2D eigenvalue weighted by Crippen LogP contribution is -2.32. The maximum atomic E-state index is 10.8. The highest BCUT2D eigenvalue weighted by molar-refractivity contribution is 5.67. The molecule has 0 saturated carbocycles. The van der Waals surface area contributed by atoms with Crippen LogP contribution in [0.25, 0.3) is 0 Å². The summed E-state index contributed by atoms with van der Waals surface area (Å²) in [5, 5.41) is 2.58. The van der Waals surface area contributed by atoms with Gasteiger partial charge in [-0.15, -0.1) is 6.58 Å². The SMILES string of the molecule is C=CC(C)NC(=O)OC(C)C. The lowest BCUT2D eigenvalue weighted by molar-refractivity contribution is 0.114. The van der Waals surface area contributed by atoms with Gasteiger partial charge >= 0.3 is 6.09 Å². The van der Waals surface area contributed by atoms with Crippen LogP contribution in [0.1, 0.15) is 20.8 Å². The first kappa shape index (κ1) is 10.0. The lowest BCUT2D eigenvalue weighted by Gasteiger charge is -2.11. The molecule has 0 aliphatic carbocycles. The molecule has 3 heteroatoms. The van der Waals surface area contributed by atoms with E-state index in [1.807, 2.05) is 6.92 Å². The van der Waals surface area contributed by atoms with Crippen molar-refractivity contribution in [3.8, 4) is 0 Å². The molecule has 0 aromatic heterocycles. The standard InChI is InChI=1S/C8H15NO2/c1-5-7(4)9-8(10)11-6(2)3/h5-7H,1H2,2-4H3,(H,9,10). The molecule has 11 heavy (non-hydrogen) atoms. The minimum atomic E-state index is -0.396. The molecule has 3 nitrogen and oxygen atoms in total. The first-order valence-electron chi connectivity index (χ1n) is 3.66. The maximum Gasteiger partial charge on any atom is 0.407 e. The molecule has 0 spiro atoms. The monoisotopic (exact) mass is 157 g/mol. The molecule has 0 heterocycles. The molecule has 0 aromatic carbocycles. The second-order valence-corrected chi connectivity index (χ2v) is 2.62. The molecular formula is C8H15NO2. The summed E-state index contributed by atoms with van der Waals surface area (Å²) in [5.74, 6) is 0. The van der Waals surface area contributed by atoms with Crippen LogP contribution in [-0.2, 0) is 4.74 Å². The van der Waals surface area contributed by atoms with Crippen LogP contribution >= 0.6 is 0 Å². The number of amides is 1. The number of rotatable bonds is 3. The fraction of sp³-hybridized carbons (Fsp3) is 0.625. The molecule has 0 saturated heterocycles. The fourth-order valence-corrected chi connectivity index (χ4v) is 0.493. The van der Waals surface area contributed by atoms with E-state index in [-0.39, 0.29) is 12.1 Å². The zero-order chi connectivity index (χ0) is 8.85. The van der Waals surface area contributed by atoms with Gasteiger partial charge in [-0.1, -0.05) is 6.08 Å². The van der Waals surface area contributed by atoms with Gasteiger partial charge in [-0.05, 0) is 20.8 Å². The molecule has 0 aliphatic rings. The quantitative estimate of drug-likeness (QED) is 0.633. The number of alkyl carbamates (subject to hydrolysis) is 1. The van der Waals surface area contributed by atoms with Gasteiger partial charge < -0.3 is 10.1 Å². The summed E-state index contributed by atoms with van der Waals surface area (Å²) in [6.45, 7) is 8.96. The summed E-state index contributed by atoms with van der Waals surface area (Å²) in [7, 11) is 0. The molecule has 1 N–H and O–H groups in total. The number of nitrogens with one attached hydrogen (secondary N) is 1. The van der Waals surface area contributed by atoms with Gasteiger partial charge in [0.1, 0.15) is 0 Å². The van der Waals surface area contributed by atoms with E-state index in [2.05, 4.69) is 11.9 Å². The predicted octanol–water partition coefficient (Wildman–Crippen LogP) is 1.70. The van der Waals surface area contributed by atoms with Crippen molar-refractivity contribution in [3.05, 3.63) is 12.7 Å². The summed E-state index contributed by atoms with van der Waals surface area (Å²) in [6, 6.07) is -0.0405. The normalized spacial score (nSPS) is 12.4. The highest BCUT2D eigenvalue weighted by Crippen LogP contribution is 1.90. The van der Waals surface area contributed by atoms with Crippen molar-refractivity contribution in [1.29, 1.82) is 0 Å². The Balaban J connectivity index is 3.60. The van der Waals surface area contributed by atoms with Crippen LogP contribution in [0.2, 0.25) is 0 Å². The van der Waals surface area contributed by atoms with E-state index in [9.17, 15) is 4.79 Å². The zero-order valence-corrected chi connectivity index (χ0v) is 7.26. The first-order chi connectivity index (χ1) is 5.06. The van der Waals surface area contributed by atoms with E-state index in [1.54, 1.807) is 19.9 Å². The Labute approximate surface area is 67.4 Å². The topological polar surface area (TPSA) is 38.3 Å². The molecule has 0 rings (SSSR count). The summed E-state index contributed by atoms with van der Waals surface area (Å²) in [6.07, 6.45) is 1.17. The Bertz CT molecular complexity index is 143. The number of ether oxygens (including phenoxy) is 1. The molecule has 1 atom stereocenters. The van der Waals surface area contributed by atoms with Crippen LogP contribution in [0.15, 0.2) is 12.7 Å². The fourth-order valence-electron chi connectivity index (χ4n) is 0.493. The highest BCUT2D eigenvalue weighted by Gasteiger charge is 2.05. The van der Waals surface area contributed by atoms with Gasteiger partial charge in [-0.2, -0.15) is 0 Å². The lowest BCUT2D eigenvalue weighted by atomic mass is 10.3. The molecule has 1 unspecified atom stereocenters. The first-order valence-corrected chi connectivity index (χ1v) is 3.66. The summed E-state index contributed by atoms with van der Waals surface area (Å²) in [5.41, 5.74) is 0. The van der Waals surface area contributed by atoms with Gasteiger partial charge in [0.2, 0.25) is 0 Å². The Morgan fingerprint density at radius 2 is 2.09 bits per heavy atom. The van der Waals surface area contributed by atoms with Gasteiger partial charge in [-0.25, -0.2) is 4.79 Å². The van der Waals surface area contributed by atoms with E-state index in [0.29, 0.717) is 0 Å². The van der Waals surface area contributed by atoms with Crippen LogP contribution in [0.4, 0.5) is 4.79 Å². The van der Waals surface area contributed by atoms with E-state index in [4.69, 9.17) is 4.74 Å². The van der Waals surface area contributed by atoms with Crippen LogP contribution in [-0.4, -0.2) is 18.2 Å². The molecule has 0 radical (unpaired) electrons. The largest absolute Gasteiger partial charge is 0.447 e. The highest BCUT2D eigenvalue weighted by atomic mass is 16.6. The predicted molar refractivity (Wildman–Crippen MR) is 44.4 cm³/mol. The smallest absolute Gasteiger partial charge is 0.407 e. The van der Waals surface area contributed by atoms with Gasteiger partial charge in [0.05, 0.1) is 6.10 Å². The van der Waals surface area contributed by atoms with E-state index in [1.165, 1.54) is 0 Å². The minimum Gasteiger partial charge on any atom is -0.447 e. The van der Waals surface area contributed by atoms with Gasteiger partial charge in [-0.3, -0.25) is 0 Å². The van der Waals surface area contributed by atoms with Gasteiger partial charge in [0.25, 0.3) is 0 Å². The second-order valence-electron chi connectivity index (χ2n) is 2.62. The van der Waals surface area contributed by atoms with Crippen molar-refractivity contribution in [2.24, 2.45) is 0 Å². The molecule has 0 bridgehead atoms. The molecule has 64 valence electrons. The van der Waals surface area contributed by atoms with Crippen molar-refractivity contribution >= 4 is 6.09 Å². The Kier molecular flexibility index (Phi) is 4.34. The summed E-state index contributed by atoms with van der Waals surface area (Å²) < 4.78 is 4.82. The van der Waals surface area contributed by atoms with E-state index < -0.39 is 6.09 Å². The third kappa shape index (κ3) is 5.45. The van der Waals surface area contributed by atoms with E-state index >= 15 is 0 Å². The third-order valence-corrected chi connectivity index (χ3v) is 1.04. The van der Waals surface area contributed by atoms with Crippen LogP contribution in [0, 0.1) is 0 Å². The van der Waals surface area contributed by atoms with Crippen molar-refractivity contribution in [2.75, 3.05) is 0 Å². The number of carbonyl (C=O) groups excluding carboxylic acids is 1. The van der Waals surface area contributed by atoms with Gasteiger partial charge in [0, 0.05) is 6.04 Å². The Hall–Kier alpha value is -0.990.